The SMILES string of the molecule is Cn1c2cc(-c3nccs3)ccc2c(=O)c2c(N)cccc21. The normalized spacial score (nSPS) is 11.3. The second-order valence-electron chi connectivity index (χ2n) is 5.20. The molecule has 0 spiro atoms. The van der Waals surface area contributed by atoms with Gasteiger partial charge in [-0.1, -0.05) is 12.1 Å². The Balaban J connectivity index is 2.16. The van der Waals surface area contributed by atoms with Crippen LogP contribution in [0.3, 0.4) is 0 Å². The summed E-state index contributed by atoms with van der Waals surface area (Å²) in [5, 5.41) is 4.15. The number of nitrogens with two attached hydrogens (primary N) is 1. The summed E-state index contributed by atoms with van der Waals surface area (Å²) in [4.78, 5) is 17.1. The third kappa shape index (κ3) is 1.76. The quantitative estimate of drug-likeness (QED) is 0.433. The predicted molar refractivity (Wildman–Crippen MR) is 92.2 cm³/mol. The van der Waals surface area contributed by atoms with Gasteiger partial charge in [0.25, 0.3) is 0 Å². The van der Waals surface area contributed by atoms with Gasteiger partial charge in [0.2, 0.25) is 0 Å². The number of benzene rings is 2. The molecule has 0 unspecified atom stereocenters. The van der Waals surface area contributed by atoms with Crippen molar-refractivity contribution in [3.63, 3.8) is 0 Å². The molecule has 0 atom stereocenters. The molecule has 4 nitrogen and oxygen atoms in total. The Kier molecular flexibility index (Phi) is 2.77. The van der Waals surface area contributed by atoms with Crippen LogP contribution in [0.2, 0.25) is 0 Å². The number of thiazole rings is 1. The highest BCUT2D eigenvalue weighted by molar-refractivity contribution is 7.13. The number of fused-ring (bicyclic) bond motifs is 2. The van der Waals surface area contributed by atoms with Crippen molar-refractivity contribution in [1.29, 1.82) is 0 Å². The summed E-state index contributed by atoms with van der Waals surface area (Å²) < 4.78 is 2.01. The summed E-state index contributed by atoms with van der Waals surface area (Å²) in [6.07, 6.45) is 1.78. The van der Waals surface area contributed by atoms with E-state index in [4.69, 9.17) is 5.73 Å². The van der Waals surface area contributed by atoms with E-state index in [1.165, 1.54) is 0 Å². The topological polar surface area (TPSA) is 60.9 Å². The molecule has 0 fully saturated rings. The molecule has 0 saturated heterocycles. The van der Waals surface area contributed by atoms with E-state index >= 15 is 0 Å². The largest absolute Gasteiger partial charge is 0.398 e. The number of nitrogen functional groups attached to an aromatic ring is 1. The zero-order valence-electron chi connectivity index (χ0n) is 11.9. The van der Waals surface area contributed by atoms with Gasteiger partial charge in [0.1, 0.15) is 5.01 Å². The first-order valence-electron chi connectivity index (χ1n) is 6.87. The van der Waals surface area contributed by atoms with Crippen molar-refractivity contribution in [3.8, 4) is 10.6 Å². The van der Waals surface area contributed by atoms with Gasteiger partial charge in [-0.15, -0.1) is 11.3 Å². The molecule has 0 bridgehead atoms. The van der Waals surface area contributed by atoms with Gasteiger partial charge in [0.15, 0.2) is 5.43 Å². The number of hydrogen-bond acceptors (Lipinski definition) is 4. The Morgan fingerprint density at radius 3 is 2.82 bits per heavy atom. The summed E-state index contributed by atoms with van der Waals surface area (Å²) in [5.74, 6) is 0. The molecule has 108 valence electrons. The molecular weight excluding hydrogens is 294 g/mol. The van der Waals surface area contributed by atoms with Crippen molar-refractivity contribution < 1.29 is 0 Å². The van der Waals surface area contributed by atoms with Gasteiger partial charge in [-0.3, -0.25) is 4.79 Å². The average molecular weight is 307 g/mol. The number of pyridine rings is 1. The summed E-state index contributed by atoms with van der Waals surface area (Å²) in [6.45, 7) is 0. The van der Waals surface area contributed by atoms with E-state index in [-0.39, 0.29) is 5.43 Å². The number of aromatic nitrogens is 2. The number of nitrogens with zero attached hydrogens (tertiary/aromatic N) is 2. The molecule has 22 heavy (non-hydrogen) atoms. The third-order valence-corrected chi connectivity index (χ3v) is 4.77. The number of rotatable bonds is 1. The molecule has 2 aromatic carbocycles. The molecule has 4 aromatic rings. The number of hydrogen-bond donors (Lipinski definition) is 1. The maximum absolute atomic E-state index is 12.8. The van der Waals surface area contributed by atoms with Crippen molar-refractivity contribution >= 4 is 38.8 Å². The Morgan fingerprint density at radius 1 is 1.18 bits per heavy atom. The second kappa shape index (κ2) is 4.68. The third-order valence-electron chi connectivity index (χ3n) is 3.95. The standard InChI is InChI=1S/C17H13N3OS/c1-20-13-4-2-3-12(18)15(13)16(21)11-6-5-10(9-14(11)20)17-19-7-8-22-17/h2-9H,18H2,1H3. The minimum Gasteiger partial charge on any atom is -0.398 e. The van der Waals surface area contributed by atoms with Gasteiger partial charge in [-0.25, -0.2) is 4.98 Å². The van der Waals surface area contributed by atoms with Crippen LogP contribution in [0, 0.1) is 0 Å². The molecule has 0 amide bonds. The van der Waals surface area contributed by atoms with Crippen molar-refractivity contribution in [1.82, 2.24) is 9.55 Å². The maximum Gasteiger partial charge on any atom is 0.199 e. The van der Waals surface area contributed by atoms with E-state index in [0.29, 0.717) is 16.5 Å². The molecule has 5 heteroatoms. The van der Waals surface area contributed by atoms with Crippen LogP contribution in [-0.2, 0) is 7.05 Å². The Morgan fingerprint density at radius 2 is 2.05 bits per heavy atom. The van der Waals surface area contributed by atoms with Gasteiger partial charge in [-0.2, -0.15) is 0 Å². The summed E-state index contributed by atoms with van der Waals surface area (Å²) in [5.41, 5.74) is 9.24. The van der Waals surface area contributed by atoms with Crippen LogP contribution in [0.5, 0.6) is 0 Å². The number of anilines is 1. The van der Waals surface area contributed by atoms with Crippen molar-refractivity contribution in [2.24, 2.45) is 7.05 Å². The Labute approximate surface area is 130 Å². The van der Waals surface area contributed by atoms with Crippen molar-refractivity contribution in [3.05, 3.63) is 58.2 Å². The fourth-order valence-electron chi connectivity index (χ4n) is 2.85. The fourth-order valence-corrected chi connectivity index (χ4v) is 3.48. The Hall–Kier alpha value is -2.66. The highest BCUT2D eigenvalue weighted by Crippen LogP contribution is 2.27. The first-order chi connectivity index (χ1) is 10.7. The number of aryl methyl sites for hydroxylation is 1. The highest BCUT2D eigenvalue weighted by Gasteiger charge is 2.12. The lowest BCUT2D eigenvalue weighted by atomic mass is 10.1. The summed E-state index contributed by atoms with van der Waals surface area (Å²) in [6, 6.07) is 11.4. The lowest BCUT2D eigenvalue weighted by Crippen LogP contribution is -2.11. The first-order valence-corrected chi connectivity index (χ1v) is 7.75. The summed E-state index contributed by atoms with van der Waals surface area (Å²) >= 11 is 1.58. The van der Waals surface area contributed by atoms with E-state index in [1.54, 1.807) is 23.6 Å². The summed E-state index contributed by atoms with van der Waals surface area (Å²) in [7, 11) is 1.95. The monoisotopic (exact) mass is 307 g/mol. The minimum atomic E-state index is -0.0214. The maximum atomic E-state index is 12.8. The second-order valence-corrected chi connectivity index (χ2v) is 6.09. The van der Waals surface area contributed by atoms with Gasteiger partial charge < -0.3 is 10.3 Å². The van der Waals surface area contributed by atoms with Crippen LogP contribution in [0.25, 0.3) is 32.4 Å². The van der Waals surface area contributed by atoms with Crippen molar-refractivity contribution in [2.45, 2.75) is 0 Å². The zero-order chi connectivity index (χ0) is 15.3. The van der Waals surface area contributed by atoms with Crippen LogP contribution in [0.15, 0.2) is 52.8 Å². The van der Waals surface area contributed by atoms with Gasteiger partial charge >= 0.3 is 0 Å². The molecule has 0 aliphatic rings. The van der Waals surface area contributed by atoms with Gasteiger partial charge in [0.05, 0.1) is 16.4 Å². The molecule has 0 radical (unpaired) electrons. The van der Waals surface area contributed by atoms with Crippen LogP contribution >= 0.6 is 11.3 Å². The molecular formula is C17H13N3OS. The van der Waals surface area contributed by atoms with E-state index in [9.17, 15) is 4.79 Å². The van der Waals surface area contributed by atoms with Crippen LogP contribution in [0.4, 0.5) is 5.69 Å². The van der Waals surface area contributed by atoms with E-state index in [2.05, 4.69) is 4.98 Å². The fraction of sp³-hybridized carbons (Fsp3) is 0.0588. The lowest BCUT2D eigenvalue weighted by Gasteiger charge is -2.12. The smallest absolute Gasteiger partial charge is 0.199 e. The van der Waals surface area contributed by atoms with Crippen molar-refractivity contribution in [2.75, 3.05) is 5.73 Å². The van der Waals surface area contributed by atoms with E-state index in [0.717, 1.165) is 21.6 Å². The molecule has 0 saturated carbocycles. The minimum absolute atomic E-state index is 0.0214. The van der Waals surface area contributed by atoms with E-state index in [1.807, 2.05) is 47.3 Å². The molecule has 2 N–H and O–H groups in total. The van der Waals surface area contributed by atoms with Gasteiger partial charge in [-0.05, 0) is 24.3 Å². The molecule has 4 rings (SSSR count). The van der Waals surface area contributed by atoms with Crippen LogP contribution in [0.1, 0.15) is 0 Å². The lowest BCUT2D eigenvalue weighted by molar-refractivity contribution is 1.00. The molecule has 0 aliphatic heterocycles. The first kappa shape index (κ1) is 13.0. The van der Waals surface area contributed by atoms with Crippen LogP contribution < -0.4 is 11.2 Å². The zero-order valence-corrected chi connectivity index (χ0v) is 12.7. The van der Waals surface area contributed by atoms with Gasteiger partial charge in [0, 0.05) is 35.3 Å². The average Bonchev–Trinajstić information content (AvgIpc) is 3.06. The Bertz CT molecular complexity index is 1060. The highest BCUT2D eigenvalue weighted by atomic mass is 32.1. The molecule has 2 heterocycles. The predicted octanol–water partition coefficient (Wildman–Crippen LogP) is 3.40. The molecule has 0 aliphatic carbocycles. The van der Waals surface area contributed by atoms with Crippen LogP contribution in [-0.4, -0.2) is 9.55 Å². The van der Waals surface area contributed by atoms with E-state index < -0.39 is 0 Å². The molecule has 2 aromatic heterocycles.